The van der Waals surface area contributed by atoms with Gasteiger partial charge in [-0.1, -0.05) is 18.2 Å². The summed E-state index contributed by atoms with van der Waals surface area (Å²) in [6.45, 7) is -0.227. The normalized spacial score (nSPS) is 16.1. The number of ether oxygens (including phenoxy) is 1. The first-order valence-corrected chi connectivity index (χ1v) is 10.3. The van der Waals surface area contributed by atoms with Crippen molar-refractivity contribution in [3.63, 3.8) is 0 Å². The van der Waals surface area contributed by atoms with Crippen molar-refractivity contribution in [1.29, 1.82) is 0 Å². The van der Waals surface area contributed by atoms with Crippen LogP contribution in [-0.2, 0) is 20.9 Å². The van der Waals surface area contributed by atoms with Gasteiger partial charge in [-0.05, 0) is 42.0 Å². The summed E-state index contributed by atoms with van der Waals surface area (Å²) >= 11 is 0. The van der Waals surface area contributed by atoms with E-state index in [2.05, 4.69) is 22.4 Å². The Balaban J connectivity index is 1.36. The third-order valence-corrected chi connectivity index (χ3v) is 5.36. The van der Waals surface area contributed by atoms with E-state index in [9.17, 15) is 19.5 Å². The van der Waals surface area contributed by atoms with E-state index < -0.39 is 29.9 Å². The van der Waals surface area contributed by atoms with Crippen LogP contribution in [0.2, 0.25) is 0 Å². The van der Waals surface area contributed by atoms with E-state index in [0.717, 1.165) is 5.56 Å². The SMILES string of the molecule is O=C(O)CNC(=O)C1=C(O)CCN(Cc2ccc(Oc3ccc(C4CC4)cc3)nc2)C1=O. The number of nitrogens with zero attached hydrogens (tertiary/aromatic N) is 2. The number of rotatable bonds is 8. The van der Waals surface area contributed by atoms with Crippen molar-refractivity contribution in [3.8, 4) is 11.6 Å². The van der Waals surface area contributed by atoms with Crippen molar-refractivity contribution in [3.05, 3.63) is 65.1 Å². The first-order chi connectivity index (χ1) is 15.4. The minimum Gasteiger partial charge on any atom is -0.511 e. The number of nitrogens with one attached hydrogen (secondary N) is 1. The molecule has 4 rings (SSSR count). The molecule has 2 amide bonds. The van der Waals surface area contributed by atoms with Gasteiger partial charge in [0.1, 0.15) is 23.6 Å². The number of carbonyl (C=O) groups is 3. The van der Waals surface area contributed by atoms with Crippen molar-refractivity contribution in [2.75, 3.05) is 13.1 Å². The molecule has 0 radical (unpaired) electrons. The maximum atomic E-state index is 12.7. The predicted molar refractivity (Wildman–Crippen MR) is 113 cm³/mol. The van der Waals surface area contributed by atoms with Crippen LogP contribution in [0.3, 0.4) is 0 Å². The van der Waals surface area contributed by atoms with Gasteiger partial charge in [0.05, 0.1) is 0 Å². The number of carboxylic acids is 1. The molecule has 0 unspecified atom stereocenters. The second-order valence-corrected chi connectivity index (χ2v) is 7.82. The highest BCUT2D eigenvalue weighted by molar-refractivity contribution is 6.19. The number of hydrogen-bond donors (Lipinski definition) is 3. The van der Waals surface area contributed by atoms with Gasteiger partial charge in [0.2, 0.25) is 5.88 Å². The van der Waals surface area contributed by atoms with Gasteiger partial charge in [0.15, 0.2) is 0 Å². The van der Waals surface area contributed by atoms with Crippen molar-refractivity contribution in [2.45, 2.75) is 31.7 Å². The number of aliphatic carboxylic acids is 1. The summed E-state index contributed by atoms with van der Waals surface area (Å²) in [5, 5.41) is 20.8. The Morgan fingerprint density at radius 1 is 1.16 bits per heavy atom. The zero-order chi connectivity index (χ0) is 22.7. The molecule has 1 aromatic heterocycles. The lowest BCUT2D eigenvalue weighted by atomic mass is 10.1. The molecule has 1 aliphatic heterocycles. The molecule has 9 heteroatoms. The molecular weight excluding hydrogens is 414 g/mol. The minimum absolute atomic E-state index is 0.104. The first-order valence-electron chi connectivity index (χ1n) is 10.3. The molecule has 0 spiro atoms. The predicted octanol–water partition coefficient (Wildman–Crippen LogP) is 2.50. The average molecular weight is 437 g/mol. The molecule has 2 aliphatic rings. The summed E-state index contributed by atoms with van der Waals surface area (Å²) in [7, 11) is 0. The quantitative estimate of drug-likeness (QED) is 0.541. The number of amides is 2. The molecule has 1 aromatic carbocycles. The number of carboxylic acid groups (broad SMARTS) is 1. The standard InChI is InChI=1S/C23H23N3O6/c27-18-9-10-26(23(31)21(18)22(30)25-12-20(28)29)13-14-1-8-19(24-11-14)32-17-6-4-16(5-7-17)15-2-3-15/h1,4-8,11,15,27H,2-3,9-10,12-13H2,(H,25,30)(H,28,29). The van der Waals surface area contributed by atoms with E-state index >= 15 is 0 Å². The van der Waals surface area contributed by atoms with Gasteiger partial charge < -0.3 is 25.2 Å². The van der Waals surface area contributed by atoms with Gasteiger partial charge in [-0.3, -0.25) is 14.4 Å². The average Bonchev–Trinajstić information content (AvgIpc) is 3.62. The van der Waals surface area contributed by atoms with E-state index in [1.54, 1.807) is 18.3 Å². The van der Waals surface area contributed by atoms with E-state index in [1.807, 2.05) is 12.1 Å². The van der Waals surface area contributed by atoms with Crippen molar-refractivity contribution in [1.82, 2.24) is 15.2 Å². The lowest BCUT2D eigenvalue weighted by molar-refractivity contribution is -0.138. The van der Waals surface area contributed by atoms with Crippen molar-refractivity contribution < 1.29 is 29.3 Å². The fourth-order valence-corrected chi connectivity index (χ4v) is 3.50. The number of benzene rings is 1. The molecular formula is C23H23N3O6. The molecule has 32 heavy (non-hydrogen) atoms. The van der Waals surface area contributed by atoms with E-state index in [0.29, 0.717) is 17.5 Å². The van der Waals surface area contributed by atoms with Crippen LogP contribution in [0.15, 0.2) is 53.9 Å². The van der Waals surface area contributed by atoms with Crippen molar-refractivity contribution >= 4 is 17.8 Å². The third kappa shape index (κ3) is 5.05. The fraction of sp³-hybridized carbons (Fsp3) is 0.304. The van der Waals surface area contributed by atoms with Crippen LogP contribution in [0.25, 0.3) is 0 Å². The number of aliphatic hydroxyl groups excluding tert-OH is 1. The molecule has 0 saturated heterocycles. The van der Waals surface area contributed by atoms with E-state index in [4.69, 9.17) is 9.84 Å². The monoisotopic (exact) mass is 437 g/mol. The Kier molecular flexibility index (Phi) is 6.07. The number of aliphatic hydroxyl groups is 1. The van der Waals surface area contributed by atoms with Crippen LogP contribution >= 0.6 is 0 Å². The molecule has 0 atom stereocenters. The molecule has 2 heterocycles. The molecule has 9 nitrogen and oxygen atoms in total. The topological polar surface area (TPSA) is 129 Å². The minimum atomic E-state index is -1.24. The van der Waals surface area contributed by atoms with Crippen LogP contribution in [-0.4, -0.2) is 51.0 Å². The molecule has 1 aliphatic carbocycles. The van der Waals surface area contributed by atoms with Gasteiger partial charge in [-0.25, -0.2) is 4.98 Å². The number of hydrogen-bond acceptors (Lipinski definition) is 6. The lowest BCUT2D eigenvalue weighted by Gasteiger charge is -2.28. The molecule has 0 bridgehead atoms. The lowest BCUT2D eigenvalue weighted by Crippen LogP contribution is -2.43. The second kappa shape index (κ2) is 9.09. The maximum Gasteiger partial charge on any atom is 0.322 e. The third-order valence-electron chi connectivity index (χ3n) is 5.36. The summed E-state index contributed by atoms with van der Waals surface area (Å²) in [6.07, 6.45) is 4.18. The smallest absolute Gasteiger partial charge is 0.322 e. The second-order valence-electron chi connectivity index (χ2n) is 7.82. The zero-order valence-electron chi connectivity index (χ0n) is 17.3. The highest BCUT2D eigenvalue weighted by Crippen LogP contribution is 2.40. The summed E-state index contributed by atoms with van der Waals surface area (Å²) in [6, 6.07) is 11.5. The Hall–Kier alpha value is -3.88. The largest absolute Gasteiger partial charge is 0.511 e. The van der Waals surface area contributed by atoms with Gasteiger partial charge >= 0.3 is 5.97 Å². The Bertz CT molecular complexity index is 1060. The van der Waals surface area contributed by atoms with Crippen LogP contribution < -0.4 is 10.1 Å². The Labute approximate surface area is 184 Å². The van der Waals surface area contributed by atoms with E-state index in [-0.39, 0.29) is 25.3 Å². The number of aromatic nitrogens is 1. The van der Waals surface area contributed by atoms with Gasteiger partial charge in [0.25, 0.3) is 11.8 Å². The molecule has 3 N–H and O–H groups in total. The van der Waals surface area contributed by atoms with Crippen LogP contribution in [0.1, 0.15) is 36.3 Å². The summed E-state index contributed by atoms with van der Waals surface area (Å²) < 4.78 is 5.78. The summed E-state index contributed by atoms with van der Waals surface area (Å²) in [5.74, 6) is -1.36. The fourth-order valence-electron chi connectivity index (χ4n) is 3.50. The van der Waals surface area contributed by atoms with Crippen molar-refractivity contribution in [2.24, 2.45) is 0 Å². The summed E-state index contributed by atoms with van der Waals surface area (Å²) in [5.41, 5.74) is 1.62. The first kappa shape index (κ1) is 21.4. The number of carbonyl (C=O) groups excluding carboxylic acids is 2. The Morgan fingerprint density at radius 2 is 1.91 bits per heavy atom. The highest BCUT2D eigenvalue weighted by Gasteiger charge is 2.32. The zero-order valence-corrected chi connectivity index (χ0v) is 17.3. The molecule has 166 valence electrons. The van der Waals surface area contributed by atoms with E-state index in [1.165, 1.54) is 23.3 Å². The summed E-state index contributed by atoms with van der Waals surface area (Å²) in [4.78, 5) is 41.1. The van der Waals surface area contributed by atoms with Crippen LogP contribution in [0.4, 0.5) is 0 Å². The molecule has 2 aromatic rings. The van der Waals surface area contributed by atoms with Gasteiger partial charge in [0, 0.05) is 31.8 Å². The molecule has 1 saturated carbocycles. The highest BCUT2D eigenvalue weighted by atomic mass is 16.5. The van der Waals surface area contributed by atoms with Gasteiger partial charge in [-0.15, -0.1) is 0 Å². The van der Waals surface area contributed by atoms with Crippen LogP contribution in [0, 0.1) is 0 Å². The molecule has 1 fully saturated rings. The van der Waals surface area contributed by atoms with Crippen LogP contribution in [0.5, 0.6) is 11.6 Å². The number of pyridine rings is 1. The maximum absolute atomic E-state index is 12.7. The van der Waals surface area contributed by atoms with Gasteiger partial charge in [-0.2, -0.15) is 0 Å². The Morgan fingerprint density at radius 3 is 2.53 bits per heavy atom.